The van der Waals surface area contributed by atoms with E-state index in [1.807, 2.05) is 16.8 Å². The zero-order valence-electron chi connectivity index (χ0n) is 20.4. The molecule has 0 aliphatic carbocycles. The van der Waals surface area contributed by atoms with Crippen LogP contribution in [0.2, 0.25) is 0 Å². The van der Waals surface area contributed by atoms with Gasteiger partial charge in [-0.25, -0.2) is 19.5 Å². The number of hydrogen-bond donors (Lipinski definition) is 5. The second-order valence-corrected chi connectivity index (χ2v) is 12.2. The molecule has 208 valence electrons. The number of anilines is 2. The lowest BCUT2D eigenvalue weighted by molar-refractivity contribution is -0.0598. The average molecular weight is 580 g/mol. The number of thiol groups is 1. The second kappa shape index (κ2) is 10.2. The Morgan fingerprint density at radius 3 is 2.92 bits per heavy atom. The number of hydrogen-bond acceptors (Lipinski definition) is 13. The smallest absolute Gasteiger partial charge is 0.383 e. The number of aliphatic hydroxyl groups is 1. The maximum Gasteiger partial charge on any atom is 0.386 e. The SMILES string of the molecule is Nc1nc2c(ncn2[C@H](O)[C@H]2COCC[C@H]3C[C@H](n4ccc5c(N)ncnc54)OC3COP(=O)(S)O2)c(=O)[nH]1. The quantitative estimate of drug-likeness (QED) is 0.169. The molecule has 6 rings (SSSR count). The van der Waals surface area contributed by atoms with Crippen LogP contribution in [-0.2, 0) is 23.1 Å². The lowest BCUT2D eigenvalue weighted by Crippen LogP contribution is -2.31. The largest absolute Gasteiger partial charge is 0.386 e. The Kier molecular flexibility index (Phi) is 6.83. The van der Waals surface area contributed by atoms with Gasteiger partial charge in [0.05, 0.1) is 31.0 Å². The summed E-state index contributed by atoms with van der Waals surface area (Å²) in [5.74, 6) is 0.222. The monoisotopic (exact) mass is 579 g/mol. The van der Waals surface area contributed by atoms with Gasteiger partial charge < -0.3 is 30.6 Å². The minimum absolute atomic E-state index is 0.00191. The van der Waals surface area contributed by atoms with Crippen LogP contribution in [0.3, 0.4) is 0 Å². The summed E-state index contributed by atoms with van der Waals surface area (Å²) < 4.78 is 39.6. The highest BCUT2D eigenvalue weighted by molar-refractivity contribution is 8.44. The summed E-state index contributed by atoms with van der Waals surface area (Å²) in [7, 11) is 0. The van der Waals surface area contributed by atoms with Crippen LogP contribution in [-0.4, -0.2) is 71.2 Å². The van der Waals surface area contributed by atoms with Crippen molar-refractivity contribution < 1.29 is 28.2 Å². The molecule has 0 bridgehead atoms. The van der Waals surface area contributed by atoms with E-state index in [0.717, 1.165) is 5.39 Å². The summed E-state index contributed by atoms with van der Waals surface area (Å²) >= 11 is 4.12. The molecule has 6 heterocycles. The molecule has 18 heteroatoms. The number of imidazole rings is 1. The van der Waals surface area contributed by atoms with Crippen molar-refractivity contribution >= 4 is 53.0 Å². The number of nitrogen functional groups attached to an aromatic ring is 2. The molecule has 0 spiro atoms. The molecule has 2 unspecified atom stereocenters. The van der Waals surface area contributed by atoms with Crippen molar-refractivity contribution in [3.05, 3.63) is 35.3 Å². The van der Waals surface area contributed by atoms with Gasteiger partial charge in [-0.2, -0.15) is 4.98 Å². The number of nitrogens with one attached hydrogen (secondary N) is 1. The number of H-pyrrole nitrogens is 1. The average Bonchev–Trinajstić information content (AvgIpc) is 3.61. The molecule has 0 amide bonds. The Balaban J connectivity index is 1.20. The highest BCUT2D eigenvalue weighted by atomic mass is 32.7. The van der Waals surface area contributed by atoms with E-state index >= 15 is 0 Å². The summed E-state index contributed by atoms with van der Waals surface area (Å²) in [6, 6.07) is 1.83. The van der Waals surface area contributed by atoms with Crippen LogP contribution in [0.25, 0.3) is 22.2 Å². The number of nitrogens with two attached hydrogens (primary N) is 2. The Hall–Kier alpha value is -3.05. The molecule has 2 aliphatic rings. The maximum absolute atomic E-state index is 13.2. The van der Waals surface area contributed by atoms with Gasteiger partial charge in [0, 0.05) is 12.8 Å². The first-order valence-electron chi connectivity index (χ1n) is 12.1. The predicted molar refractivity (Wildman–Crippen MR) is 141 cm³/mol. The zero-order valence-corrected chi connectivity index (χ0v) is 22.1. The van der Waals surface area contributed by atoms with Crippen molar-refractivity contribution in [1.29, 1.82) is 0 Å². The van der Waals surface area contributed by atoms with Gasteiger partial charge in [0.1, 0.15) is 30.1 Å². The van der Waals surface area contributed by atoms with Gasteiger partial charge >= 0.3 is 6.80 Å². The standard InChI is InChI=1S/C21H26N9O7PS/c22-16-11-1-3-29(17(11)25-8-24-16)14-5-10-2-4-34-6-13(37-38(33,39)35-7-12(10)36-14)20(32)30-9-26-15-18(30)27-21(23)28-19(15)31/h1,3,8-10,12-14,20,32H,2,4-7H2,(H,33,39)(H2,22,24,25)(H3,23,27,28,31)/t10-,12?,13+,14+,20+,38?/m0/s1. The third-order valence-electron chi connectivity index (χ3n) is 6.87. The molecular weight excluding hydrogens is 553 g/mol. The molecule has 6 N–H and O–H groups in total. The van der Waals surface area contributed by atoms with E-state index in [4.69, 9.17) is 30.0 Å². The Bertz CT molecular complexity index is 1630. The fourth-order valence-electron chi connectivity index (χ4n) is 4.95. The van der Waals surface area contributed by atoms with Crippen molar-refractivity contribution in [1.82, 2.24) is 34.1 Å². The van der Waals surface area contributed by atoms with Crippen LogP contribution in [0.1, 0.15) is 25.3 Å². The fraction of sp³-hybridized carbons (Fsp3) is 0.476. The molecule has 2 aliphatic heterocycles. The first kappa shape index (κ1) is 26.2. The Morgan fingerprint density at radius 1 is 1.23 bits per heavy atom. The molecule has 6 atom stereocenters. The highest BCUT2D eigenvalue weighted by Crippen LogP contribution is 2.56. The Morgan fingerprint density at radius 2 is 2.08 bits per heavy atom. The predicted octanol–water partition coefficient (Wildman–Crippen LogP) is 0.983. The van der Waals surface area contributed by atoms with E-state index in [2.05, 4.69) is 37.2 Å². The van der Waals surface area contributed by atoms with Gasteiger partial charge in [-0.05, 0) is 24.8 Å². The molecule has 2 fully saturated rings. The summed E-state index contributed by atoms with van der Waals surface area (Å²) in [5, 5.41) is 11.8. The number of nitrogens with zero attached hydrogens (tertiary/aromatic N) is 6. The summed E-state index contributed by atoms with van der Waals surface area (Å²) in [6.45, 7) is -3.93. The molecule has 39 heavy (non-hydrogen) atoms. The molecular formula is C21H26N9O7PS. The third-order valence-corrected chi connectivity index (χ3v) is 8.51. The van der Waals surface area contributed by atoms with Crippen molar-refractivity contribution in [2.45, 2.75) is 37.5 Å². The van der Waals surface area contributed by atoms with Crippen molar-refractivity contribution in [2.24, 2.45) is 5.92 Å². The molecule has 16 nitrogen and oxygen atoms in total. The normalized spacial score (nSPS) is 29.3. The molecule has 4 aromatic heterocycles. The van der Waals surface area contributed by atoms with Gasteiger partial charge in [-0.3, -0.25) is 23.4 Å². The molecule has 4 aromatic rings. The minimum Gasteiger partial charge on any atom is -0.383 e. The third kappa shape index (κ3) is 5.02. The van der Waals surface area contributed by atoms with Gasteiger partial charge in [-0.15, -0.1) is 0 Å². The van der Waals surface area contributed by atoms with Crippen LogP contribution < -0.4 is 17.0 Å². The molecule has 0 saturated carbocycles. The van der Waals surface area contributed by atoms with Crippen molar-refractivity contribution in [2.75, 3.05) is 31.3 Å². The number of ether oxygens (including phenoxy) is 2. The van der Waals surface area contributed by atoms with Crippen LogP contribution in [0.15, 0.2) is 29.7 Å². The minimum atomic E-state index is -4.01. The second-order valence-electron chi connectivity index (χ2n) is 9.30. The number of rotatable bonds is 3. The van der Waals surface area contributed by atoms with E-state index in [9.17, 15) is 14.5 Å². The first-order chi connectivity index (χ1) is 18.7. The molecule has 0 radical (unpaired) electrons. The summed E-state index contributed by atoms with van der Waals surface area (Å²) in [6.07, 6.45) is 2.19. The molecule has 0 aromatic carbocycles. The van der Waals surface area contributed by atoms with E-state index in [1.54, 1.807) is 0 Å². The number of aromatic amines is 1. The number of fused-ring (bicyclic) bond motifs is 3. The van der Waals surface area contributed by atoms with E-state index < -0.39 is 30.8 Å². The fourth-order valence-corrected chi connectivity index (χ4v) is 6.42. The van der Waals surface area contributed by atoms with Gasteiger partial charge in [0.2, 0.25) is 5.95 Å². The van der Waals surface area contributed by atoms with Crippen LogP contribution in [0.4, 0.5) is 11.8 Å². The molecule has 2 saturated heterocycles. The first-order valence-corrected chi connectivity index (χ1v) is 14.8. The van der Waals surface area contributed by atoms with Gasteiger partial charge in [0.25, 0.3) is 5.56 Å². The van der Waals surface area contributed by atoms with Crippen molar-refractivity contribution in [3.63, 3.8) is 0 Å². The van der Waals surface area contributed by atoms with Crippen LogP contribution in [0.5, 0.6) is 0 Å². The van der Waals surface area contributed by atoms with Gasteiger partial charge in [0.15, 0.2) is 17.4 Å². The van der Waals surface area contributed by atoms with Crippen LogP contribution >= 0.6 is 19.0 Å². The summed E-state index contributed by atoms with van der Waals surface area (Å²) in [5.41, 5.74) is 11.7. The Labute approximate surface area is 225 Å². The van der Waals surface area contributed by atoms with Gasteiger partial charge in [-0.1, -0.05) is 12.2 Å². The maximum atomic E-state index is 13.2. The van der Waals surface area contributed by atoms with E-state index in [1.165, 1.54) is 17.2 Å². The van der Waals surface area contributed by atoms with Crippen molar-refractivity contribution in [3.8, 4) is 0 Å². The lowest BCUT2D eigenvalue weighted by Gasteiger charge is -2.26. The van der Waals surface area contributed by atoms with Crippen LogP contribution in [0, 0.1) is 5.92 Å². The lowest BCUT2D eigenvalue weighted by atomic mass is 9.98. The highest BCUT2D eigenvalue weighted by Gasteiger charge is 2.40. The number of aromatic nitrogens is 7. The summed E-state index contributed by atoms with van der Waals surface area (Å²) in [4.78, 5) is 30.8. The van der Waals surface area contributed by atoms with E-state index in [0.29, 0.717) is 30.9 Å². The van der Waals surface area contributed by atoms with E-state index in [-0.39, 0.29) is 42.5 Å². The topological polar surface area (TPSA) is 221 Å². The zero-order chi connectivity index (χ0) is 27.3. The number of aliphatic hydroxyl groups excluding tert-OH is 1.